The molecule has 0 aliphatic heterocycles. The van der Waals surface area contributed by atoms with Crippen LogP contribution < -0.4 is 0 Å². The smallest absolute Gasteiger partial charge is 0.176 e. The zero-order chi connectivity index (χ0) is 15.3. The summed E-state index contributed by atoms with van der Waals surface area (Å²) < 4.78 is 1.13. The highest BCUT2D eigenvalue weighted by Gasteiger charge is 2.29. The van der Waals surface area contributed by atoms with Gasteiger partial charge in [-0.1, -0.05) is 11.6 Å². The number of aromatic nitrogens is 2. The number of carbonyl (C=O) groups excluding carboxylic acids is 1. The van der Waals surface area contributed by atoms with Crippen molar-refractivity contribution in [3.05, 3.63) is 51.4 Å². The van der Waals surface area contributed by atoms with E-state index in [9.17, 15) is 4.79 Å². The van der Waals surface area contributed by atoms with Crippen LogP contribution in [0, 0.1) is 12.8 Å². The molecular formula is C17H15ClN2OS. The van der Waals surface area contributed by atoms with Gasteiger partial charge >= 0.3 is 0 Å². The number of hydrogen-bond acceptors (Lipinski definition) is 3. The number of fused-ring (bicyclic) bond motifs is 2. The number of aromatic amines is 1. The molecule has 2 heterocycles. The first-order valence-corrected chi connectivity index (χ1v) is 8.57. The maximum Gasteiger partial charge on any atom is 0.176 e. The molecule has 1 aliphatic carbocycles. The number of nitrogens with one attached hydrogen (secondary N) is 1. The molecule has 3 aromatic rings. The number of aryl methyl sites for hydroxylation is 2. The Hall–Kier alpha value is -1.65. The topological polar surface area (TPSA) is 45.8 Å². The third-order valence-corrected chi connectivity index (χ3v) is 6.01. The highest BCUT2D eigenvalue weighted by atomic mass is 35.5. The quantitative estimate of drug-likeness (QED) is 0.699. The van der Waals surface area contributed by atoms with Crippen LogP contribution in [0.2, 0.25) is 5.02 Å². The molecule has 1 N–H and O–H groups in total. The molecule has 0 amide bonds. The van der Waals surface area contributed by atoms with Crippen molar-refractivity contribution >= 4 is 38.8 Å². The largest absolute Gasteiger partial charge is 0.348 e. The second-order valence-electron chi connectivity index (χ2n) is 5.83. The van der Waals surface area contributed by atoms with E-state index in [2.05, 4.69) is 9.97 Å². The van der Waals surface area contributed by atoms with Crippen LogP contribution in [0.25, 0.3) is 10.1 Å². The summed E-state index contributed by atoms with van der Waals surface area (Å²) >= 11 is 7.66. The minimum absolute atomic E-state index is 0.0398. The second kappa shape index (κ2) is 5.21. The lowest BCUT2D eigenvalue weighted by atomic mass is 9.85. The third kappa shape index (κ3) is 2.18. The van der Waals surface area contributed by atoms with Crippen molar-refractivity contribution in [3.63, 3.8) is 0 Å². The summed E-state index contributed by atoms with van der Waals surface area (Å²) in [6, 6.07) is 5.83. The predicted octanol–water partition coefficient (Wildman–Crippen LogP) is 4.57. The summed E-state index contributed by atoms with van der Waals surface area (Å²) in [5, 5.41) is 1.81. The van der Waals surface area contributed by atoms with Gasteiger partial charge in [0.25, 0.3) is 0 Å². The average Bonchev–Trinajstić information content (AvgIpc) is 3.11. The van der Waals surface area contributed by atoms with Gasteiger partial charge in [0.05, 0.1) is 16.9 Å². The predicted molar refractivity (Wildman–Crippen MR) is 90.0 cm³/mol. The van der Waals surface area contributed by atoms with Crippen molar-refractivity contribution in [3.8, 4) is 0 Å². The Morgan fingerprint density at radius 1 is 1.45 bits per heavy atom. The summed E-state index contributed by atoms with van der Waals surface area (Å²) in [4.78, 5) is 21.3. The van der Waals surface area contributed by atoms with E-state index in [0.29, 0.717) is 5.02 Å². The van der Waals surface area contributed by atoms with E-state index in [-0.39, 0.29) is 11.7 Å². The van der Waals surface area contributed by atoms with Gasteiger partial charge < -0.3 is 4.98 Å². The van der Waals surface area contributed by atoms with Crippen LogP contribution in [-0.2, 0) is 12.8 Å². The van der Waals surface area contributed by atoms with E-state index in [4.69, 9.17) is 11.6 Å². The Morgan fingerprint density at radius 2 is 2.32 bits per heavy atom. The van der Waals surface area contributed by atoms with Gasteiger partial charge in [-0.3, -0.25) is 4.79 Å². The van der Waals surface area contributed by atoms with Crippen molar-refractivity contribution in [1.29, 1.82) is 0 Å². The van der Waals surface area contributed by atoms with E-state index < -0.39 is 0 Å². The monoisotopic (exact) mass is 330 g/mol. The van der Waals surface area contributed by atoms with Crippen molar-refractivity contribution in [2.75, 3.05) is 0 Å². The summed E-state index contributed by atoms with van der Waals surface area (Å²) in [7, 11) is 0. The summed E-state index contributed by atoms with van der Waals surface area (Å²) in [6.45, 7) is 2.02. The van der Waals surface area contributed by atoms with Crippen molar-refractivity contribution in [2.24, 2.45) is 5.92 Å². The number of thiophene rings is 1. The lowest BCUT2D eigenvalue weighted by molar-refractivity contribution is 0.0911. The van der Waals surface area contributed by atoms with Crippen LogP contribution >= 0.6 is 22.9 Å². The lowest BCUT2D eigenvalue weighted by Gasteiger charge is -2.19. The lowest BCUT2D eigenvalue weighted by Crippen LogP contribution is -2.22. The summed E-state index contributed by atoms with van der Waals surface area (Å²) in [6.07, 6.45) is 4.26. The number of rotatable bonds is 2. The van der Waals surface area contributed by atoms with E-state index in [1.165, 1.54) is 5.69 Å². The van der Waals surface area contributed by atoms with Crippen LogP contribution in [0.3, 0.4) is 0 Å². The molecule has 1 atom stereocenters. The van der Waals surface area contributed by atoms with E-state index in [1.807, 2.05) is 25.1 Å². The molecule has 0 fully saturated rings. The molecule has 0 radical (unpaired) electrons. The van der Waals surface area contributed by atoms with Gasteiger partial charge in [0.2, 0.25) is 0 Å². The molecule has 1 unspecified atom stereocenters. The first-order valence-electron chi connectivity index (χ1n) is 7.37. The van der Waals surface area contributed by atoms with Gasteiger partial charge in [0, 0.05) is 27.8 Å². The number of ketones is 1. The fraction of sp³-hybridized carbons (Fsp3) is 0.294. The number of halogens is 1. The standard InChI is InChI=1S/C17H15ClN2OS/c1-9-12-7-11(18)3-5-15(12)22-17(9)16(21)10-2-4-13-14(6-10)20-8-19-13/h3,5,7-8,10H,2,4,6H2,1H3,(H,19,20). The van der Waals surface area contributed by atoms with Crippen molar-refractivity contribution in [1.82, 2.24) is 9.97 Å². The van der Waals surface area contributed by atoms with Gasteiger partial charge in [-0.2, -0.15) is 0 Å². The van der Waals surface area contributed by atoms with E-state index in [0.717, 1.165) is 45.5 Å². The van der Waals surface area contributed by atoms with Gasteiger partial charge in [0.15, 0.2) is 5.78 Å². The maximum atomic E-state index is 12.9. The van der Waals surface area contributed by atoms with Crippen LogP contribution in [0.15, 0.2) is 24.5 Å². The fourth-order valence-corrected chi connectivity index (χ4v) is 4.61. The van der Waals surface area contributed by atoms with Crippen LogP contribution in [0.1, 0.15) is 33.0 Å². The van der Waals surface area contributed by atoms with Gasteiger partial charge in [-0.25, -0.2) is 4.98 Å². The van der Waals surface area contributed by atoms with E-state index >= 15 is 0 Å². The Morgan fingerprint density at radius 3 is 3.18 bits per heavy atom. The fourth-order valence-electron chi connectivity index (χ4n) is 3.23. The molecule has 3 nitrogen and oxygen atoms in total. The number of carbonyl (C=O) groups is 1. The number of H-pyrrole nitrogens is 1. The molecule has 1 aromatic carbocycles. The number of hydrogen-bond donors (Lipinski definition) is 1. The normalized spacial score (nSPS) is 17.6. The minimum Gasteiger partial charge on any atom is -0.348 e. The highest BCUT2D eigenvalue weighted by molar-refractivity contribution is 7.21. The zero-order valence-corrected chi connectivity index (χ0v) is 13.7. The van der Waals surface area contributed by atoms with Gasteiger partial charge in [-0.05, 0) is 48.9 Å². The van der Waals surface area contributed by atoms with Crippen molar-refractivity contribution in [2.45, 2.75) is 26.2 Å². The number of benzene rings is 1. The molecule has 112 valence electrons. The third-order valence-electron chi connectivity index (χ3n) is 4.48. The van der Waals surface area contributed by atoms with Crippen LogP contribution in [-0.4, -0.2) is 15.8 Å². The van der Waals surface area contributed by atoms with Crippen molar-refractivity contribution < 1.29 is 4.79 Å². The number of imidazole rings is 1. The van der Waals surface area contributed by atoms with E-state index in [1.54, 1.807) is 17.7 Å². The molecule has 22 heavy (non-hydrogen) atoms. The maximum absolute atomic E-state index is 12.9. The molecule has 4 rings (SSSR count). The van der Waals surface area contributed by atoms with Crippen LogP contribution in [0.4, 0.5) is 0 Å². The Kier molecular flexibility index (Phi) is 3.31. The molecule has 1 aliphatic rings. The Labute approximate surface area is 137 Å². The molecular weight excluding hydrogens is 316 g/mol. The Balaban J connectivity index is 1.70. The first-order chi connectivity index (χ1) is 10.6. The van der Waals surface area contributed by atoms with Gasteiger partial charge in [-0.15, -0.1) is 11.3 Å². The molecule has 5 heteroatoms. The Bertz CT molecular complexity index is 880. The van der Waals surface area contributed by atoms with Gasteiger partial charge in [0.1, 0.15) is 0 Å². The highest BCUT2D eigenvalue weighted by Crippen LogP contribution is 2.36. The summed E-state index contributed by atoms with van der Waals surface area (Å²) in [5.74, 6) is 0.293. The molecule has 0 spiro atoms. The minimum atomic E-state index is 0.0398. The average molecular weight is 331 g/mol. The second-order valence-corrected chi connectivity index (χ2v) is 7.32. The molecule has 2 aromatic heterocycles. The molecule has 0 saturated heterocycles. The molecule has 0 bridgehead atoms. The molecule has 0 saturated carbocycles. The SMILES string of the molecule is Cc1c(C(=O)C2CCc3[nH]cnc3C2)sc2ccc(Cl)cc12. The number of nitrogens with zero attached hydrogens (tertiary/aromatic N) is 1. The first kappa shape index (κ1) is 14.0. The zero-order valence-electron chi connectivity index (χ0n) is 12.1. The number of Topliss-reactive ketones (excluding diaryl/α,β-unsaturated/α-hetero) is 1. The van der Waals surface area contributed by atoms with Crippen LogP contribution in [0.5, 0.6) is 0 Å². The summed E-state index contributed by atoms with van der Waals surface area (Å²) in [5.41, 5.74) is 3.29.